The van der Waals surface area contributed by atoms with Gasteiger partial charge in [0, 0.05) is 10.4 Å². The van der Waals surface area contributed by atoms with Crippen LogP contribution in [0.3, 0.4) is 0 Å². The first-order valence-corrected chi connectivity index (χ1v) is 7.22. The van der Waals surface area contributed by atoms with E-state index in [2.05, 4.69) is 31.9 Å². The van der Waals surface area contributed by atoms with E-state index >= 15 is 0 Å². The SMILES string of the molecule is Fc1ccc(C(Br)Cc2c(F)cccc2F)cc1Br. The van der Waals surface area contributed by atoms with Crippen molar-refractivity contribution >= 4 is 31.9 Å². The minimum atomic E-state index is -0.578. The number of hydrogen-bond donors (Lipinski definition) is 0. The Labute approximate surface area is 125 Å². The van der Waals surface area contributed by atoms with E-state index in [9.17, 15) is 13.2 Å². The number of alkyl halides is 1. The third-order valence-corrected chi connectivity index (χ3v) is 4.21. The Morgan fingerprint density at radius 1 is 0.947 bits per heavy atom. The van der Waals surface area contributed by atoms with Crippen LogP contribution in [0.15, 0.2) is 40.9 Å². The van der Waals surface area contributed by atoms with Crippen LogP contribution < -0.4 is 0 Å². The van der Waals surface area contributed by atoms with Crippen LogP contribution in [-0.2, 0) is 6.42 Å². The summed E-state index contributed by atoms with van der Waals surface area (Å²) in [4.78, 5) is -0.296. The largest absolute Gasteiger partial charge is 0.207 e. The van der Waals surface area contributed by atoms with Gasteiger partial charge in [0.15, 0.2) is 0 Å². The Morgan fingerprint density at radius 3 is 2.16 bits per heavy atom. The average Bonchev–Trinajstić information content (AvgIpc) is 2.37. The molecule has 19 heavy (non-hydrogen) atoms. The van der Waals surface area contributed by atoms with Gasteiger partial charge < -0.3 is 0 Å². The third-order valence-electron chi connectivity index (χ3n) is 2.75. The number of rotatable bonds is 3. The molecule has 1 atom stereocenters. The highest BCUT2D eigenvalue weighted by Crippen LogP contribution is 2.31. The summed E-state index contributed by atoms with van der Waals surface area (Å²) in [6.07, 6.45) is 0.149. The van der Waals surface area contributed by atoms with Crippen molar-refractivity contribution in [3.8, 4) is 0 Å². The quantitative estimate of drug-likeness (QED) is 0.600. The molecule has 100 valence electrons. The molecule has 5 heteroatoms. The van der Waals surface area contributed by atoms with Crippen LogP contribution in [-0.4, -0.2) is 0 Å². The number of hydrogen-bond acceptors (Lipinski definition) is 0. The summed E-state index contributed by atoms with van der Waals surface area (Å²) in [6, 6.07) is 8.25. The van der Waals surface area contributed by atoms with Crippen molar-refractivity contribution < 1.29 is 13.2 Å². The van der Waals surface area contributed by atoms with Crippen LogP contribution in [0.4, 0.5) is 13.2 Å². The van der Waals surface area contributed by atoms with Crippen molar-refractivity contribution in [1.29, 1.82) is 0 Å². The molecule has 1 unspecified atom stereocenters. The minimum absolute atomic E-state index is 0.0184. The van der Waals surface area contributed by atoms with Crippen LogP contribution in [0, 0.1) is 17.5 Å². The van der Waals surface area contributed by atoms with Gasteiger partial charge in [0.05, 0.1) is 4.47 Å². The Balaban J connectivity index is 2.25. The monoisotopic (exact) mass is 392 g/mol. The van der Waals surface area contributed by atoms with Gasteiger partial charge in [0.2, 0.25) is 0 Å². The molecule has 0 amide bonds. The molecule has 0 aliphatic rings. The molecule has 0 aromatic heterocycles. The average molecular weight is 394 g/mol. The Bertz CT molecular complexity index is 579. The van der Waals surface area contributed by atoms with E-state index < -0.39 is 11.6 Å². The molecule has 0 heterocycles. The van der Waals surface area contributed by atoms with E-state index in [1.54, 1.807) is 12.1 Å². The molecule has 2 rings (SSSR count). The molecule has 0 bridgehead atoms. The molecule has 0 N–H and O–H groups in total. The van der Waals surface area contributed by atoms with Gasteiger partial charge in [0.1, 0.15) is 17.5 Å². The summed E-state index contributed by atoms with van der Waals surface area (Å²) in [5, 5.41) is 0. The lowest BCUT2D eigenvalue weighted by Gasteiger charge is -2.12. The van der Waals surface area contributed by atoms with Crippen molar-refractivity contribution in [1.82, 2.24) is 0 Å². The van der Waals surface area contributed by atoms with Gasteiger partial charge in [-0.1, -0.05) is 28.1 Å². The third kappa shape index (κ3) is 3.39. The van der Waals surface area contributed by atoms with E-state index in [1.165, 1.54) is 24.3 Å². The first kappa shape index (κ1) is 14.6. The van der Waals surface area contributed by atoms with Gasteiger partial charge in [-0.2, -0.15) is 0 Å². The van der Waals surface area contributed by atoms with Gasteiger partial charge >= 0.3 is 0 Å². The van der Waals surface area contributed by atoms with E-state index in [1.807, 2.05) is 0 Å². The van der Waals surface area contributed by atoms with Gasteiger partial charge in [-0.15, -0.1) is 0 Å². The molecule has 0 saturated heterocycles. The van der Waals surface area contributed by atoms with Gasteiger partial charge in [-0.05, 0) is 52.2 Å². The van der Waals surface area contributed by atoms with Crippen LogP contribution >= 0.6 is 31.9 Å². The van der Waals surface area contributed by atoms with Crippen LogP contribution in [0.5, 0.6) is 0 Å². The zero-order valence-corrected chi connectivity index (χ0v) is 12.8. The van der Waals surface area contributed by atoms with Crippen LogP contribution in [0.25, 0.3) is 0 Å². The highest BCUT2D eigenvalue weighted by atomic mass is 79.9. The molecular weight excluding hydrogens is 385 g/mol. The maximum absolute atomic E-state index is 13.5. The molecule has 2 aromatic carbocycles. The molecular formula is C14H9Br2F3. The van der Waals surface area contributed by atoms with Gasteiger partial charge in [0.25, 0.3) is 0 Å². The van der Waals surface area contributed by atoms with E-state index in [0.29, 0.717) is 4.47 Å². The second-order valence-corrected chi connectivity index (χ2v) is 6.01. The lowest BCUT2D eigenvalue weighted by atomic mass is 10.0. The summed E-state index contributed by atoms with van der Waals surface area (Å²) in [5.41, 5.74) is 0.765. The van der Waals surface area contributed by atoms with Crippen molar-refractivity contribution in [2.75, 3.05) is 0 Å². The van der Waals surface area contributed by atoms with Crippen molar-refractivity contribution in [2.45, 2.75) is 11.2 Å². The normalized spacial score (nSPS) is 12.5. The molecule has 0 radical (unpaired) electrons. The summed E-state index contributed by atoms with van der Waals surface area (Å²) >= 11 is 6.46. The Morgan fingerprint density at radius 2 is 1.58 bits per heavy atom. The van der Waals surface area contributed by atoms with Crippen LogP contribution in [0.2, 0.25) is 0 Å². The van der Waals surface area contributed by atoms with E-state index in [0.717, 1.165) is 5.56 Å². The second kappa shape index (κ2) is 6.09. The van der Waals surface area contributed by atoms with Gasteiger partial charge in [-0.3, -0.25) is 0 Å². The maximum Gasteiger partial charge on any atom is 0.137 e. The zero-order valence-electron chi connectivity index (χ0n) is 9.64. The molecule has 0 saturated carbocycles. The lowest BCUT2D eigenvalue weighted by molar-refractivity contribution is 0.554. The minimum Gasteiger partial charge on any atom is -0.207 e. The van der Waals surface area contributed by atoms with Crippen molar-refractivity contribution in [3.63, 3.8) is 0 Å². The first-order chi connectivity index (χ1) is 8.99. The van der Waals surface area contributed by atoms with Gasteiger partial charge in [-0.25, -0.2) is 13.2 Å². The molecule has 2 aromatic rings. The van der Waals surface area contributed by atoms with Crippen molar-refractivity contribution in [3.05, 3.63) is 69.4 Å². The number of benzene rings is 2. The fourth-order valence-corrected chi connectivity index (χ4v) is 2.74. The van der Waals surface area contributed by atoms with Crippen molar-refractivity contribution in [2.24, 2.45) is 0 Å². The predicted molar refractivity (Wildman–Crippen MR) is 75.8 cm³/mol. The summed E-state index contributed by atoms with van der Waals surface area (Å²) in [5.74, 6) is -1.53. The standard InChI is InChI=1S/C14H9Br2F3/c15-10(8-4-5-14(19)11(16)6-8)7-9-12(17)2-1-3-13(9)18/h1-6,10H,7H2. The smallest absolute Gasteiger partial charge is 0.137 e. The number of halogens is 5. The first-order valence-electron chi connectivity index (χ1n) is 5.51. The lowest BCUT2D eigenvalue weighted by Crippen LogP contribution is -2.01. The maximum atomic E-state index is 13.5. The molecule has 0 spiro atoms. The van der Waals surface area contributed by atoms with Crippen LogP contribution in [0.1, 0.15) is 16.0 Å². The highest BCUT2D eigenvalue weighted by Gasteiger charge is 2.16. The topological polar surface area (TPSA) is 0 Å². The second-order valence-electron chi connectivity index (χ2n) is 4.05. The molecule has 0 aliphatic heterocycles. The Kier molecular flexibility index (Phi) is 4.68. The fraction of sp³-hybridized carbons (Fsp3) is 0.143. The molecule has 0 aliphatic carbocycles. The van der Waals surface area contributed by atoms with E-state index in [4.69, 9.17) is 0 Å². The summed E-state index contributed by atoms with van der Waals surface area (Å²) in [7, 11) is 0. The predicted octanol–water partition coefficient (Wildman–Crippen LogP) is 5.55. The summed E-state index contributed by atoms with van der Waals surface area (Å²) in [6.45, 7) is 0. The zero-order chi connectivity index (χ0) is 14.0. The molecule has 0 nitrogen and oxygen atoms in total. The highest BCUT2D eigenvalue weighted by molar-refractivity contribution is 9.10. The summed E-state index contributed by atoms with van der Waals surface area (Å²) < 4.78 is 40.5. The van der Waals surface area contributed by atoms with E-state index in [-0.39, 0.29) is 22.6 Å². The molecule has 0 fully saturated rings. The Hall–Kier alpha value is -0.810. The fourth-order valence-electron chi connectivity index (χ4n) is 1.73.